The fourth-order valence-electron chi connectivity index (χ4n) is 2.86. The van der Waals surface area contributed by atoms with Crippen LogP contribution in [0.25, 0.3) is 5.69 Å². The van der Waals surface area contributed by atoms with Crippen LogP contribution < -0.4 is 5.32 Å². The Labute approximate surface area is 141 Å². The van der Waals surface area contributed by atoms with Crippen LogP contribution in [0.1, 0.15) is 40.2 Å². The van der Waals surface area contributed by atoms with E-state index in [1.54, 1.807) is 0 Å². The van der Waals surface area contributed by atoms with Crippen LogP contribution in [0.3, 0.4) is 0 Å². The standard InChI is InChI=1S/C19H22N2O3/c1-12-6-4-5-7-17(12)21-13(2)10-16(14(21)3)19(23)24-11-18(22)20-15-8-9-15/h4-7,10,15H,8-9,11H2,1-3H3,(H,20,22). The molecule has 0 radical (unpaired) electrons. The Morgan fingerprint density at radius 2 is 1.92 bits per heavy atom. The van der Waals surface area contributed by atoms with Gasteiger partial charge in [0.05, 0.1) is 5.56 Å². The SMILES string of the molecule is Cc1ccccc1-n1c(C)cc(C(=O)OCC(=O)NC2CC2)c1C. The van der Waals surface area contributed by atoms with Gasteiger partial charge in [0.1, 0.15) is 0 Å². The second kappa shape index (κ2) is 6.51. The molecule has 0 saturated heterocycles. The second-order valence-electron chi connectivity index (χ2n) is 6.32. The first-order valence-corrected chi connectivity index (χ1v) is 8.19. The van der Waals surface area contributed by atoms with Gasteiger partial charge in [0.15, 0.2) is 6.61 Å². The molecule has 5 heteroatoms. The first-order chi connectivity index (χ1) is 11.5. The van der Waals surface area contributed by atoms with Crippen molar-refractivity contribution in [2.24, 2.45) is 0 Å². The molecule has 0 aliphatic heterocycles. The molecule has 1 aliphatic rings. The van der Waals surface area contributed by atoms with Crippen LogP contribution in [0, 0.1) is 20.8 Å². The van der Waals surface area contributed by atoms with Crippen LogP contribution in [0.4, 0.5) is 0 Å². The van der Waals surface area contributed by atoms with E-state index >= 15 is 0 Å². The molecule has 1 amide bonds. The number of hydrogen-bond acceptors (Lipinski definition) is 3. The highest BCUT2D eigenvalue weighted by Gasteiger charge is 2.24. The fraction of sp³-hybridized carbons (Fsp3) is 0.368. The Balaban J connectivity index is 1.76. The Morgan fingerprint density at radius 1 is 1.21 bits per heavy atom. The first-order valence-electron chi connectivity index (χ1n) is 8.19. The minimum absolute atomic E-state index is 0.233. The number of carbonyl (C=O) groups excluding carboxylic acids is 2. The summed E-state index contributed by atoms with van der Waals surface area (Å²) < 4.78 is 7.21. The van der Waals surface area contributed by atoms with Crippen LogP contribution in [0.15, 0.2) is 30.3 Å². The van der Waals surface area contributed by atoms with E-state index < -0.39 is 5.97 Å². The zero-order valence-corrected chi connectivity index (χ0v) is 14.3. The maximum atomic E-state index is 12.3. The number of carbonyl (C=O) groups is 2. The molecule has 1 heterocycles. The van der Waals surface area contributed by atoms with Gasteiger partial charge in [0.25, 0.3) is 5.91 Å². The molecule has 3 rings (SSSR count). The van der Waals surface area contributed by atoms with E-state index in [1.165, 1.54) is 0 Å². The summed E-state index contributed by atoms with van der Waals surface area (Å²) in [6.07, 6.45) is 2.02. The lowest BCUT2D eigenvalue weighted by molar-refractivity contribution is -0.124. The largest absolute Gasteiger partial charge is 0.452 e. The van der Waals surface area contributed by atoms with E-state index in [-0.39, 0.29) is 18.6 Å². The predicted octanol–water partition coefficient (Wildman–Crippen LogP) is 2.84. The summed E-state index contributed by atoms with van der Waals surface area (Å²) in [5.41, 5.74) is 4.43. The van der Waals surface area contributed by atoms with Gasteiger partial charge in [0.2, 0.25) is 0 Å². The van der Waals surface area contributed by atoms with Crippen LogP contribution in [0.2, 0.25) is 0 Å². The van der Waals surface area contributed by atoms with Crippen molar-refractivity contribution < 1.29 is 14.3 Å². The molecule has 126 valence electrons. The summed E-state index contributed by atoms with van der Waals surface area (Å²) in [6.45, 7) is 5.65. The summed E-state index contributed by atoms with van der Waals surface area (Å²) in [5.74, 6) is -0.701. The number of aromatic nitrogens is 1. The number of amides is 1. The number of ether oxygens (including phenoxy) is 1. The number of esters is 1. The van der Waals surface area contributed by atoms with Gasteiger partial charge in [-0.3, -0.25) is 4.79 Å². The maximum Gasteiger partial charge on any atom is 0.340 e. The minimum atomic E-state index is -0.464. The van der Waals surface area contributed by atoms with E-state index in [2.05, 4.69) is 5.32 Å². The minimum Gasteiger partial charge on any atom is -0.452 e. The molecule has 24 heavy (non-hydrogen) atoms. The highest BCUT2D eigenvalue weighted by Crippen LogP contribution is 2.23. The molecular weight excluding hydrogens is 304 g/mol. The summed E-state index contributed by atoms with van der Waals surface area (Å²) in [5, 5.41) is 2.80. The normalized spacial score (nSPS) is 13.6. The molecular formula is C19H22N2O3. The molecule has 0 atom stereocenters. The Hall–Kier alpha value is -2.56. The lowest BCUT2D eigenvalue weighted by Crippen LogP contribution is -2.30. The first kappa shape index (κ1) is 16.3. The number of benzene rings is 1. The Morgan fingerprint density at radius 3 is 2.58 bits per heavy atom. The Kier molecular flexibility index (Phi) is 4.42. The van der Waals surface area contributed by atoms with Gasteiger partial charge in [-0.15, -0.1) is 0 Å². The molecule has 1 fully saturated rings. The molecule has 5 nitrogen and oxygen atoms in total. The average molecular weight is 326 g/mol. The number of nitrogens with one attached hydrogen (secondary N) is 1. The predicted molar refractivity (Wildman–Crippen MR) is 91.4 cm³/mol. The molecule has 1 aliphatic carbocycles. The number of aryl methyl sites for hydroxylation is 2. The lowest BCUT2D eigenvalue weighted by atomic mass is 10.2. The van der Waals surface area contributed by atoms with E-state index in [0.717, 1.165) is 35.5 Å². The van der Waals surface area contributed by atoms with Gasteiger partial charge in [-0.2, -0.15) is 0 Å². The zero-order chi connectivity index (χ0) is 17.3. The highest BCUT2D eigenvalue weighted by atomic mass is 16.5. The van der Waals surface area contributed by atoms with Crippen molar-refractivity contribution in [3.63, 3.8) is 0 Å². The summed E-state index contributed by atoms with van der Waals surface area (Å²) in [4.78, 5) is 24.0. The Bertz CT molecular complexity index is 788. The van der Waals surface area contributed by atoms with E-state index in [0.29, 0.717) is 5.56 Å². The van der Waals surface area contributed by atoms with Gasteiger partial charge in [-0.05, 0) is 51.3 Å². The molecule has 2 aromatic rings. The summed E-state index contributed by atoms with van der Waals surface area (Å²) >= 11 is 0. The number of rotatable bonds is 5. The monoisotopic (exact) mass is 326 g/mol. The van der Waals surface area contributed by atoms with Crippen molar-refractivity contribution in [1.82, 2.24) is 9.88 Å². The molecule has 1 saturated carbocycles. The zero-order valence-electron chi connectivity index (χ0n) is 14.3. The van der Waals surface area contributed by atoms with Crippen molar-refractivity contribution in [2.45, 2.75) is 39.7 Å². The van der Waals surface area contributed by atoms with E-state index in [4.69, 9.17) is 4.74 Å². The fourth-order valence-corrected chi connectivity index (χ4v) is 2.86. The highest BCUT2D eigenvalue weighted by molar-refractivity contribution is 5.93. The van der Waals surface area contributed by atoms with Gasteiger partial charge in [0, 0.05) is 23.1 Å². The van der Waals surface area contributed by atoms with Gasteiger partial charge < -0.3 is 14.6 Å². The van der Waals surface area contributed by atoms with Gasteiger partial charge in [-0.1, -0.05) is 18.2 Å². The van der Waals surface area contributed by atoms with E-state index in [1.807, 2.05) is 55.7 Å². The van der Waals surface area contributed by atoms with Gasteiger partial charge in [-0.25, -0.2) is 4.79 Å². The maximum absolute atomic E-state index is 12.3. The molecule has 0 bridgehead atoms. The van der Waals surface area contributed by atoms with Crippen molar-refractivity contribution in [3.05, 3.63) is 52.8 Å². The molecule has 1 aromatic heterocycles. The van der Waals surface area contributed by atoms with Crippen molar-refractivity contribution >= 4 is 11.9 Å². The summed E-state index contributed by atoms with van der Waals surface area (Å²) in [7, 11) is 0. The second-order valence-corrected chi connectivity index (χ2v) is 6.32. The third-order valence-corrected chi connectivity index (χ3v) is 4.28. The summed E-state index contributed by atoms with van der Waals surface area (Å²) in [6, 6.07) is 10.1. The van der Waals surface area contributed by atoms with Crippen LogP contribution in [0.5, 0.6) is 0 Å². The van der Waals surface area contributed by atoms with Crippen molar-refractivity contribution in [1.29, 1.82) is 0 Å². The van der Waals surface area contributed by atoms with Crippen molar-refractivity contribution in [2.75, 3.05) is 6.61 Å². The third kappa shape index (κ3) is 3.35. The molecule has 1 aromatic carbocycles. The average Bonchev–Trinajstić information content (AvgIpc) is 3.31. The van der Waals surface area contributed by atoms with Crippen LogP contribution in [-0.4, -0.2) is 29.1 Å². The number of nitrogens with zero attached hydrogens (tertiary/aromatic N) is 1. The van der Waals surface area contributed by atoms with E-state index in [9.17, 15) is 9.59 Å². The third-order valence-electron chi connectivity index (χ3n) is 4.28. The molecule has 0 unspecified atom stereocenters. The van der Waals surface area contributed by atoms with Crippen LogP contribution in [-0.2, 0) is 9.53 Å². The number of hydrogen-bond donors (Lipinski definition) is 1. The number of para-hydroxylation sites is 1. The smallest absolute Gasteiger partial charge is 0.340 e. The van der Waals surface area contributed by atoms with Crippen molar-refractivity contribution in [3.8, 4) is 5.69 Å². The quantitative estimate of drug-likeness (QED) is 0.860. The van der Waals surface area contributed by atoms with Gasteiger partial charge >= 0.3 is 5.97 Å². The molecule has 0 spiro atoms. The lowest BCUT2D eigenvalue weighted by Gasteiger charge is -2.12. The molecule has 1 N–H and O–H groups in total. The topological polar surface area (TPSA) is 60.3 Å². The van der Waals surface area contributed by atoms with Crippen LogP contribution >= 0.6 is 0 Å².